The van der Waals surface area contributed by atoms with E-state index < -0.39 is 0 Å². The highest BCUT2D eigenvalue weighted by molar-refractivity contribution is 4.78. The zero-order valence-electron chi connectivity index (χ0n) is 6.47. The van der Waals surface area contributed by atoms with Gasteiger partial charge in [-0.05, 0) is 18.9 Å². The third-order valence-electron chi connectivity index (χ3n) is 2.16. The van der Waals surface area contributed by atoms with Gasteiger partial charge in [0.25, 0.3) is 0 Å². The van der Waals surface area contributed by atoms with Crippen molar-refractivity contribution >= 4 is 0 Å². The van der Waals surface area contributed by atoms with Gasteiger partial charge in [0, 0.05) is 20.2 Å². The monoisotopic (exact) mass is 144 g/mol. The molecule has 0 radical (unpaired) electrons. The summed E-state index contributed by atoms with van der Waals surface area (Å²) >= 11 is 0. The minimum absolute atomic E-state index is 0.259. The van der Waals surface area contributed by atoms with E-state index in [1.165, 1.54) is 6.42 Å². The number of methoxy groups -OCH3 is 1. The first kappa shape index (κ1) is 7.98. The van der Waals surface area contributed by atoms with Gasteiger partial charge in [0.2, 0.25) is 0 Å². The van der Waals surface area contributed by atoms with E-state index in [1.54, 1.807) is 7.11 Å². The zero-order valence-corrected chi connectivity index (χ0v) is 6.47. The van der Waals surface area contributed by atoms with Crippen LogP contribution in [0.3, 0.4) is 0 Å². The van der Waals surface area contributed by atoms with Crippen molar-refractivity contribution in [2.24, 2.45) is 11.7 Å². The number of ether oxygens (including phenoxy) is 1. The maximum atomic E-state index is 5.51. The molecule has 3 nitrogen and oxygen atoms in total. The minimum atomic E-state index is 0.259. The molecule has 1 fully saturated rings. The first-order valence-electron chi connectivity index (χ1n) is 3.82. The molecule has 0 aliphatic carbocycles. The van der Waals surface area contributed by atoms with Crippen molar-refractivity contribution in [2.75, 3.05) is 26.7 Å². The van der Waals surface area contributed by atoms with Crippen LogP contribution in [0.4, 0.5) is 0 Å². The number of rotatable bonds is 3. The Labute approximate surface area is 61.9 Å². The predicted octanol–water partition coefficient (Wildman–Crippen LogP) is -0.430. The van der Waals surface area contributed by atoms with Crippen LogP contribution in [-0.2, 0) is 4.74 Å². The highest BCUT2D eigenvalue weighted by atomic mass is 16.5. The van der Waals surface area contributed by atoms with Crippen molar-refractivity contribution in [2.45, 2.75) is 12.5 Å². The third kappa shape index (κ3) is 1.68. The molecule has 0 saturated carbocycles. The molecule has 0 amide bonds. The Bertz CT molecular complexity index is 87.6. The van der Waals surface area contributed by atoms with Crippen LogP contribution < -0.4 is 11.1 Å². The van der Waals surface area contributed by atoms with Gasteiger partial charge in [-0.15, -0.1) is 0 Å². The van der Waals surface area contributed by atoms with Crippen molar-refractivity contribution < 1.29 is 4.74 Å². The first-order chi connectivity index (χ1) is 4.88. The second-order valence-electron chi connectivity index (χ2n) is 2.76. The van der Waals surface area contributed by atoms with Crippen LogP contribution in [0.5, 0.6) is 0 Å². The maximum Gasteiger partial charge on any atom is 0.0734 e. The molecule has 0 bridgehead atoms. The summed E-state index contributed by atoms with van der Waals surface area (Å²) in [6, 6.07) is 0. The minimum Gasteiger partial charge on any atom is -0.380 e. The van der Waals surface area contributed by atoms with Gasteiger partial charge in [-0.3, -0.25) is 0 Å². The molecule has 1 heterocycles. The second-order valence-corrected chi connectivity index (χ2v) is 2.76. The number of hydrogen-bond donors (Lipinski definition) is 2. The van der Waals surface area contributed by atoms with Crippen molar-refractivity contribution in [1.29, 1.82) is 0 Å². The molecule has 0 aromatic heterocycles. The van der Waals surface area contributed by atoms with Gasteiger partial charge in [0.1, 0.15) is 0 Å². The topological polar surface area (TPSA) is 47.3 Å². The Balaban J connectivity index is 2.29. The van der Waals surface area contributed by atoms with E-state index in [2.05, 4.69) is 5.32 Å². The fourth-order valence-corrected chi connectivity index (χ4v) is 1.48. The Morgan fingerprint density at radius 2 is 2.60 bits per heavy atom. The smallest absolute Gasteiger partial charge is 0.0734 e. The third-order valence-corrected chi connectivity index (χ3v) is 2.16. The Morgan fingerprint density at radius 3 is 3.00 bits per heavy atom. The number of hydrogen-bond acceptors (Lipinski definition) is 3. The van der Waals surface area contributed by atoms with Crippen LogP contribution in [0.2, 0.25) is 0 Å². The van der Waals surface area contributed by atoms with Gasteiger partial charge in [0.15, 0.2) is 0 Å². The summed E-state index contributed by atoms with van der Waals surface area (Å²) in [5.41, 5.74) is 5.51. The summed E-state index contributed by atoms with van der Waals surface area (Å²) in [5.74, 6) is 0.634. The first-order valence-corrected chi connectivity index (χ1v) is 3.82. The molecule has 0 aromatic carbocycles. The molecule has 2 unspecified atom stereocenters. The maximum absolute atomic E-state index is 5.51. The average Bonchev–Trinajstić information content (AvgIpc) is 2.43. The predicted molar refractivity (Wildman–Crippen MR) is 40.8 cm³/mol. The van der Waals surface area contributed by atoms with E-state index in [0.717, 1.165) is 13.1 Å². The fourth-order valence-electron chi connectivity index (χ4n) is 1.48. The normalized spacial score (nSPS) is 28.8. The lowest BCUT2D eigenvalue weighted by Gasteiger charge is -2.18. The van der Waals surface area contributed by atoms with Crippen LogP contribution >= 0.6 is 0 Å². The van der Waals surface area contributed by atoms with Crippen LogP contribution in [0.15, 0.2) is 0 Å². The molecular weight excluding hydrogens is 128 g/mol. The molecule has 10 heavy (non-hydrogen) atoms. The van der Waals surface area contributed by atoms with Crippen molar-refractivity contribution in [1.82, 2.24) is 5.32 Å². The molecule has 3 heteroatoms. The summed E-state index contributed by atoms with van der Waals surface area (Å²) in [4.78, 5) is 0. The highest BCUT2D eigenvalue weighted by Gasteiger charge is 2.22. The molecule has 1 aliphatic heterocycles. The fraction of sp³-hybridized carbons (Fsp3) is 1.00. The molecule has 1 aliphatic rings. The summed E-state index contributed by atoms with van der Waals surface area (Å²) in [7, 11) is 1.73. The van der Waals surface area contributed by atoms with E-state index in [9.17, 15) is 0 Å². The molecule has 1 rings (SSSR count). The van der Waals surface area contributed by atoms with E-state index in [4.69, 9.17) is 10.5 Å². The van der Waals surface area contributed by atoms with Crippen LogP contribution in [0.1, 0.15) is 6.42 Å². The van der Waals surface area contributed by atoms with Gasteiger partial charge < -0.3 is 15.8 Å². The van der Waals surface area contributed by atoms with Crippen molar-refractivity contribution in [3.8, 4) is 0 Å². The molecular formula is C7H16N2O. The molecule has 0 aromatic rings. The summed E-state index contributed by atoms with van der Waals surface area (Å²) in [6.07, 6.45) is 1.46. The van der Waals surface area contributed by atoms with E-state index in [0.29, 0.717) is 12.5 Å². The standard InChI is InChI=1S/C7H16N2O/c1-10-7(4-8)6-2-3-9-5-6/h6-7,9H,2-5,8H2,1H3. The lowest BCUT2D eigenvalue weighted by atomic mass is 10.0. The van der Waals surface area contributed by atoms with Crippen LogP contribution in [-0.4, -0.2) is 32.8 Å². The number of nitrogens with two attached hydrogens (primary N) is 1. The van der Waals surface area contributed by atoms with Crippen LogP contribution in [0.25, 0.3) is 0 Å². The van der Waals surface area contributed by atoms with Crippen LogP contribution in [0, 0.1) is 5.92 Å². The molecule has 2 atom stereocenters. The Hall–Kier alpha value is -0.120. The van der Waals surface area contributed by atoms with Gasteiger partial charge in [-0.1, -0.05) is 0 Å². The van der Waals surface area contributed by atoms with Gasteiger partial charge in [-0.2, -0.15) is 0 Å². The summed E-state index contributed by atoms with van der Waals surface area (Å²) < 4.78 is 5.22. The highest BCUT2D eigenvalue weighted by Crippen LogP contribution is 2.13. The number of nitrogens with one attached hydrogen (secondary N) is 1. The lowest BCUT2D eigenvalue weighted by Crippen LogP contribution is -2.32. The van der Waals surface area contributed by atoms with E-state index in [-0.39, 0.29) is 6.10 Å². The average molecular weight is 144 g/mol. The largest absolute Gasteiger partial charge is 0.380 e. The summed E-state index contributed by atoms with van der Waals surface area (Å²) in [6.45, 7) is 2.82. The quantitative estimate of drug-likeness (QED) is 0.565. The van der Waals surface area contributed by atoms with E-state index in [1.807, 2.05) is 0 Å². The molecule has 60 valence electrons. The molecule has 3 N–H and O–H groups in total. The molecule has 0 spiro atoms. The molecule has 1 saturated heterocycles. The van der Waals surface area contributed by atoms with E-state index >= 15 is 0 Å². The van der Waals surface area contributed by atoms with Gasteiger partial charge in [0.05, 0.1) is 6.10 Å². The van der Waals surface area contributed by atoms with Crippen molar-refractivity contribution in [3.63, 3.8) is 0 Å². The van der Waals surface area contributed by atoms with Gasteiger partial charge in [-0.25, -0.2) is 0 Å². The second kappa shape index (κ2) is 3.91. The zero-order chi connectivity index (χ0) is 7.40. The van der Waals surface area contributed by atoms with Crippen molar-refractivity contribution in [3.05, 3.63) is 0 Å². The lowest BCUT2D eigenvalue weighted by molar-refractivity contribution is 0.0660. The SMILES string of the molecule is COC(CN)C1CCNC1. The van der Waals surface area contributed by atoms with Gasteiger partial charge >= 0.3 is 0 Å². The Kier molecular flexibility index (Phi) is 3.12. The summed E-state index contributed by atoms with van der Waals surface area (Å²) in [5, 5.41) is 3.29. The Morgan fingerprint density at radius 1 is 1.80 bits per heavy atom.